The van der Waals surface area contributed by atoms with Crippen LogP contribution in [-0.4, -0.2) is 43.6 Å². The Bertz CT molecular complexity index is 478. The Morgan fingerprint density at radius 1 is 1.25 bits per heavy atom. The fourth-order valence-electron chi connectivity index (χ4n) is 2.48. The Morgan fingerprint density at radius 2 is 1.92 bits per heavy atom. The standard InChI is InChI=1S/C18H31ClN4.HI/c1-5-23(6-2)13-9-10-15(3)22-18(20-4)21-14-16-11-7-8-12-17(16)19;/h7-8,11-12,15H,5-6,9-10,13-14H2,1-4H3,(H2,20,21,22);1H. The van der Waals surface area contributed by atoms with Crippen molar-refractivity contribution in [2.24, 2.45) is 4.99 Å². The number of rotatable bonds is 9. The summed E-state index contributed by atoms with van der Waals surface area (Å²) in [4.78, 5) is 6.74. The van der Waals surface area contributed by atoms with Gasteiger partial charge in [-0.2, -0.15) is 0 Å². The molecule has 1 aromatic rings. The van der Waals surface area contributed by atoms with Gasteiger partial charge in [0, 0.05) is 24.7 Å². The lowest BCUT2D eigenvalue weighted by Gasteiger charge is -2.21. The van der Waals surface area contributed by atoms with Crippen molar-refractivity contribution in [3.63, 3.8) is 0 Å². The van der Waals surface area contributed by atoms with E-state index in [0.717, 1.165) is 42.6 Å². The largest absolute Gasteiger partial charge is 0.354 e. The van der Waals surface area contributed by atoms with Crippen LogP contribution in [0.4, 0.5) is 0 Å². The lowest BCUT2D eigenvalue weighted by atomic mass is 10.2. The fourth-order valence-corrected chi connectivity index (χ4v) is 2.68. The Labute approximate surface area is 169 Å². The van der Waals surface area contributed by atoms with E-state index in [2.05, 4.69) is 41.3 Å². The quantitative estimate of drug-likeness (QED) is 0.326. The van der Waals surface area contributed by atoms with E-state index in [9.17, 15) is 0 Å². The Hall–Kier alpha value is -0.530. The molecule has 4 nitrogen and oxygen atoms in total. The minimum Gasteiger partial charge on any atom is -0.354 e. The molecule has 0 fully saturated rings. The van der Waals surface area contributed by atoms with Crippen molar-refractivity contribution in [1.82, 2.24) is 15.5 Å². The molecule has 6 heteroatoms. The normalized spacial score (nSPS) is 12.7. The maximum Gasteiger partial charge on any atom is 0.191 e. The molecule has 0 amide bonds. The summed E-state index contributed by atoms with van der Waals surface area (Å²) in [7, 11) is 1.80. The topological polar surface area (TPSA) is 39.7 Å². The van der Waals surface area contributed by atoms with Crippen molar-refractivity contribution in [1.29, 1.82) is 0 Å². The van der Waals surface area contributed by atoms with Gasteiger partial charge in [0.05, 0.1) is 0 Å². The lowest BCUT2D eigenvalue weighted by Crippen LogP contribution is -2.42. The second-order valence-corrected chi connectivity index (χ2v) is 6.14. The molecule has 0 aliphatic heterocycles. The van der Waals surface area contributed by atoms with E-state index in [4.69, 9.17) is 11.6 Å². The molecule has 1 rings (SSSR count). The first-order valence-electron chi connectivity index (χ1n) is 8.53. The number of hydrogen-bond acceptors (Lipinski definition) is 2. The van der Waals surface area contributed by atoms with Gasteiger partial charge >= 0.3 is 0 Å². The number of nitrogens with zero attached hydrogens (tertiary/aromatic N) is 2. The summed E-state index contributed by atoms with van der Waals surface area (Å²) < 4.78 is 0. The smallest absolute Gasteiger partial charge is 0.191 e. The lowest BCUT2D eigenvalue weighted by molar-refractivity contribution is 0.292. The summed E-state index contributed by atoms with van der Waals surface area (Å²) in [6.07, 6.45) is 2.32. The number of nitrogens with one attached hydrogen (secondary N) is 2. The van der Waals surface area contributed by atoms with Crippen LogP contribution in [0.25, 0.3) is 0 Å². The molecule has 0 saturated carbocycles. The molecule has 0 saturated heterocycles. The van der Waals surface area contributed by atoms with E-state index in [0.29, 0.717) is 12.6 Å². The summed E-state index contributed by atoms with van der Waals surface area (Å²) in [5.41, 5.74) is 1.08. The van der Waals surface area contributed by atoms with Gasteiger partial charge in [0.15, 0.2) is 5.96 Å². The van der Waals surface area contributed by atoms with Gasteiger partial charge < -0.3 is 15.5 Å². The summed E-state index contributed by atoms with van der Waals surface area (Å²) in [5.74, 6) is 0.820. The zero-order valence-electron chi connectivity index (χ0n) is 15.3. The molecule has 1 aromatic carbocycles. The number of guanidine groups is 1. The van der Waals surface area contributed by atoms with Gasteiger partial charge in [-0.25, -0.2) is 0 Å². The molecule has 2 N–H and O–H groups in total. The minimum atomic E-state index is 0. The van der Waals surface area contributed by atoms with Crippen molar-refractivity contribution in [2.75, 3.05) is 26.7 Å². The van der Waals surface area contributed by atoms with Crippen LogP contribution in [0, 0.1) is 0 Å². The maximum absolute atomic E-state index is 6.18. The Kier molecular flexibility index (Phi) is 13.4. The molecule has 1 unspecified atom stereocenters. The SMILES string of the molecule is CCN(CC)CCCC(C)NC(=NC)NCc1ccccc1Cl.I. The second-order valence-electron chi connectivity index (χ2n) is 5.73. The van der Waals surface area contributed by atoms with E-state index in [1.165, 1.54) is 6.42 Å². The molecular weight excluding hydrogens is 435 g/mol. The zero-order valence-corrected chi connectivity index (χ0v) is 18.4. The van der Waals surface area contributed by atoms with E-state index in [1.54, 1.807) is 7.05 Å². The highest BCUT2D eigenvalue weighted by Gasteiger charge is 2.07. The first-order valence-corrected chi connectivity index (χ1v) is 8.91. The average Bonchev–Trinajstić information content (AvgIpc) is 2.56. The maximum atomic E-state index is 6.18. The van der Waals surface area contributed by atoms with Crippen molar-refractivity contribution in [2.45, 2.75) is 46.2 Å². The van der Waals surface area contributed by atoms with Gasteiger partial charge in [0.1, 0.15) is 0 Å². The van der Waals surface area contributed by atoms with Crippen LogP contribution in [0.1, 0.15) is 39.2 Å². The predicted molar refractivity (Wildman–Crippen MR) is 117 cm³/mol. The molecule has 0 spiro atoms. The molecule has 0 aromatic heterocycles. The third-order valence-electron chi connectivity index (χ3n) is 4.02. The van der Waals surface area contributed by atoms with Gasteiger partial charge in [-0.15, -0.1) is 24.0 Å². The van der Waals surface area contributed by atoms with Crippen molar-refractivity contribution in [3.05, 3.63) is 34.9 Å². The average molecular weight is 467 g/mol. The molecule has 0 aliphatic carbocycles. The second kappa shape index (κ2) is 13.7. The van der Waals surface area contributed by atoms with Crippen LogP contribution < -0.4 is 10.6 Å². The molecule has 0 bridgehead atoms. The van der Waals surface area contributed by atoms with E-state index in [1.807, 2.05) is 24.3 Å². The van der Waals surface area contributed by atoms with Crippen LogP contribution in [0.2, 0.25) is 5.02 Å². The number of halogens is 2. The van der Waals surface area contributed by atoms with Gasteiger partial charge in [-0.05, 0) is 51.0 Å². The third kappa shape index (κ3) is 9.08. The first-order chi connectivity index (χ1) is 11.1. The van der Waals surface area contributed by atoms with Gasteiger partial charge in [-0.3, -0.25) is 4.99 Å². The fraction of sp³-hybridized carbons (Fsp3) is 0.611. The van der Waals surface area contributed by atoms with E-state index >= 15 is 0 Å². The summed E-state index contributed by atoms with van der Waals surface area (Å²) in [5, 5.41) is 7.55. The van der Waals surface area contributed by atoms with Crippen molar-refractivity contribution in [3.8, 4) is 0 Å². The molecule has 0 heterocycles. The van der Waals surface area contributed by atoms with Gasteiger partial charge in [0.25, 0.3) is 0 Å². The highest BCUT2D eigenvalue weighted by atomic mass is 127. The summed E-state index contributed by atoms with van der Waals surface area (Å²) >= 11 is 6.18. The highest BCUT2D eigenvalue weighted by Crippen LogP contribution is 2.14. The predicted octanol–water partition coefficient (Wildman–Crippen LogP) is 4.13. The van der Waals surface area contributed by atoms with Crippen molar-refractivity contribution < 1.29 is 0 Å². The monoisotopic (exact) mass is 466 g/mol. The molecule has 138 valence electrons. The molecule has 1 atom stereocenters. The van der Waals surface area contributed by atoms with Crippen LogP contribution >= 0.6 is 35.6 Å². The summed E-state index contributed by atoms with van der Waals surface area (Å²) in [6.45, 7) is 10.7. The van der Waals surface area contributed by atoms with Crippen LogP contribution in [0.5, 0.6) is 0 Å². The van der Waals surface area contributed by atoms with E-state index < -0.39 is 0 Å². The van der Waals surface area contributed by atoms with Gasteiger partial charge in [-0.1, -0.05) is 43.6 Å². The Morgan fingerprint density at radius 3 is 2.50 bits per heavy atom. The molecular formula is C18H32ClIN4. The Balaban J connectivity index is 0.00000529. The van der Waals surface area contributed by atoms with Crippen molar-refractivity contribution >= 4 is 41.5 Å². The first kappa shape index (κ1) is 23.5. The minimum absolute atomic E-state index is 0. The number of hydrogen-bond donors (Lipinski definition) is 2. The third-order valence-corrected chi connectivity index (χ3v) is 4.39. The number of benzene rings is 1. The number of aliphatic imine (C=N–C) groups is 1. The highest BCUT2D eigenvalue weighted by molar-refractivity contribution is 14.0. The molecule has 0 radical (unpaired) electrons. The van der Waals surface area contributed by atoms with Gasteiger partial charge in [0.2, 0.25) is 0 Å². The summed E-state index contributed by atoms with van der Waals surface area (Å²) in [6, 6.07) is 8.26. The van der Waals surface area contributed by atoms with Crippen LogP contribution in [0.15, 0.2) is 29.3 Å². The van der Waals surface area contributed by atoms with Crippen LogP contribution in [-0.2, 0) is 6.54 Å². The van der Waals surface area contributed by atoms with E-state index in [-0.39, 0.29) is 24.0 Å². The zero-order chi connectivity index (χ0) is 17.1. The molecule has 24 heavy (non-hydrogen) atoms. The van der Waals surface area contributed by atoms with Crippen LogP contribution in [0.3, 0.4) is 0 Å². The molecule has 0 aliphatic rings.